The first-order valence-electron chi connectivity index (χ1n) is 11.1. The molecule has 0 aliphatic rings. The summed E-state index contributed by atoms with van der Waals surface area (Å²) >= 11 is 0. The molecule has 7 nitrogen and oxygen atoms in total. The van der Waals surface area contributed by atoms with Crippen molar-refractivity contribution < 1.29 is 19.1 Å². The fraction of sp³-hybridized carbons (Fsp3) is 0.400. The number of hydrogen-bond donors (Lipinski definition) is 3. The van der Waals surface area contributed by atoms with Crippen LogP contribution in [-0.2, 0) is 27.3 Å². The SMILES string of the molecule is CCCCOc1ccc(CNC(=O)C(CCc2ccccc2)NC(=O)C(N)CC=O)cc1. The average Bonchev–Trinajstić information content (AvgIpc) is 2.81. The van der Waals surface area contributed by atoms with Gasteiger partial charge in [-0.2, -0.15) is 0 Å². The summed E-state index contributed by atoms with van der Waals surface area (Å²) in [6, 6.07) is 15.6. The van der Waals surface area contributed by atoms with Crippen LogP contribution in [0.25, 0.3) is 0 Å². The molecule has 2 aromatic rings. The molecule has 172 valence electrons. The molecule has 0 heterocycles. The lowest BCUT2D eigenvalue weighted by molar-refractivity contribution is -0.130. The largest absolute Gasteiger partial charge is 0.494 e. The van der Waals surface area contributed by atoms with Gasteiger partial charge in [0.25, 0.3) is 0 Å². The van der Waals surface area contributed by atoms with E-state index in [1.807, 2.05) is 54.6 Å². The molecule has 0 radical (unpaired) electrons. The van der Waals surface area contributed by atoms with Crippen LogP contribution < -0.4 is 21.1 Å². The van der Waals surface area contributed by atoms with E-state index in [-0.39, 0.29) is 12.3 Å². The minimum atomic E-state index is -0.972. The van der Waals surface area contributed by atoms with Crippen molar-refractivity contribution in [1.82, 2.24) is 10.6 Å². The molecule has 0 aliphatic heterocycles. The number of hydrogen-bond acceptors (Lipinski definition) is 5. The topological polar surface area (TPSA) is 111 Å². The Labute approximate surface area is 189 Å². The highest BCUT2D eigenvalue weighted by Crippen LogP contribution is 2.13. The predicted molar refractivity (Wildman–Crippen MR) is 124 cm³/mol. The number of aryl methyl sites for hydroxylation is 1. The zero-order chi connectivity index (χ0) is 23.2. The van der Waals surface area contributed by atoms with Gasteiger partial charge in [0.05, 0.1) is 12.6 Å². The molecule has 7 heteroatoms. The first-order valence-corrected chi connectivity index (χ1v) is 11.1. The van der Waals surface area contributed by atoms with E-state index in [2.05, 4.69) is 17.6 Å². The van der Waals surface area contributed by atoms with Crippen molar-refractivity contribution in [3.63, 3.8) is 0 Å². The molecule has 0 spiro atoms. The van der Waals surface area contributed by atoms with E-state index < -0.39 is 18.0 Å². The zero-order valence-electron chi connectivity index (χ0n) is 18.6. The summed E-state index contributed by atoms with van der Waals surface area (Å²) in [5, 5.41) is 5.57. The van der Waals surface area contributed by atoms with Gasteiger partial charge in [-0.25, -0.2) is 0 Å². The van der Waals surface area contributed by atoms with Gasteiger partial charge in [0.1, 0.15) is 18.1 Å². The molecule has 0 aliphatic carbocycles. The number of carbonyl (C=O) groups is 3. The van der Waals surface area contributed by atoms with Crippen LogP contribution in [0.1, 0.15) is 43.7 Å². The van der Waals surface area contributed by atoms with Crippen molar-refractivity contribution in [3.8, 4) is 5.75 Å². The number of unbranched alkanes of at least 4 members (excludes halogenated alkanes) is 1. The summed E-state index contributed by atoms with van der Waals surface area (Å²) in [6.07, 6.45) is 3.62. The zero-order valence-corrected chi connectivity index (χ0v) is 18.6. The molecule has 0 aromatic heterocycles. The second-order valence-electron chi connectivity index (χ2n) is 7.66. The summed E-state index contributed by atoms with van der Waals surface area (Å²) in [5.41, 5.74) is 7.71. The van der Waals surface area contributed by atoms with Crippen LogP contribution in [0, 0.1) is 0 Å². The Kier molecular flexibility index (Phi) is 11.0. The fourth-order valence-electron chi connectivity index (χ4n) is 3.06. The van der Waals surface area contributed by atoms with Crippen LogP contribution in [0.4, 0.5) is 0 Å². The Morgan fingerprint density at radius 1 is 1.03 bits per heavy atom. The van der Waals surface area contributed by atoms with Crippen molar-refractivity contribution in [2.75, 3.05) is 6.61 Å². The predicted octanol–water partition coefficient (Wildman–Crippen LogP) is 2.52. The number of rotatable bonds is 14. The Bertz CT molecular complexity index is 840. The summed E-state index contributed by atoms with van der Waals surface area (Å²) in [6.45, 7) is 3.12. The van der Waals surface area contributed by atoms with Crippen LogP contribution in [0.2, 0.25) is 0 Å². The molecule has 2 unspecified atom stereocenters. The summed E-state index contributed by atoms with van der Waals surface area (Å²) in [7, 11) is 0. The smallest absolute Gasteiger partial charge is 0.242 e. The van der Waals surface area contributed by atoms with Crippen molar-refractivity contribution in [2.45, 2.75) is 57.7 Å². The Morgan fingerprint density at radius 2 is 1.75 bits per heavy atom. The second-order valence-corrected chi connectivity index (χ2v) is 7.66. The number of nitrogens with one attached hydrogen (secondary N) is 2. The Balaban J connectivity index is 1.94. The number of amides is 2. The molecule has 2 rings (SSSR count). The van der Waals surface area contributed by atoms with Crippen molar-refractivity contribution in [3.05, 3.63) is 65.7 Å². The minimum Gasteiger partial charge on any atom is -0.494 e. The van der Waals surface area contributed by atoms with Gasteiger partial charge in [0.2, 0.25) is 11.8 Å². The van der Waals surface area contributed by atoms with Gasteiger partial charge in [-0.1, -0.05) is 55.8 Å². The molecule has 0 fully saturated rings. The van der Waals surface area contributed by atoms with Crippen molar-refractivity contribution >= 4 is 18.1 Å². The van der Waals surface area contributed by atoms with Crippen LogP contribution in [0.15, 0.2) is 54.6 Å². The van der Waals surface area contributed by atoms with Gasteiger partial charge in [-0.05, 0) is 42.5 Å². The highest BCUT2D eigenvalue weighted by Gasteiger charge is 2.23. The van der Waals surface area contributed by atoms with E-state index in [0.29, 0.717) is 32.3 Å². The summed E-state index contributed by atoms with van der Waals surface area (Å²) in [4.78, 5) is 35.8. The lowest BCUT2D eigenvalue weighted by Gasteiger charge is -2.20. The van der Waals surface area contributed by atoms with Gasteiger partial charge in [0, 0.05) is 13.0 Å². The highest BCUT2D eigenvalue weighted by atomic mass is 16.5. The molecule has 2 amide bonds. The molecule has 2 atom stereocenters. The van der Waals surface area contributed by atoms with Gasteiger partial charge in [-0.3, -0.25) is 9.59 Å². The third kappa shape index (κ3) is 8.89. The van der Waals surface area contributed by atoms with Crippen molar-refractivity contribution in [1.29, 1.82) is 0 Å². The Hall–Kier alpha value is -3.19. The molecular formula is C25H33N3O4. The third-order valence-electron chi connectivity index (χ3n) is 5.04. The van der Waals surface area contributed by atoms with E-state index in [1.165, 1.54) is 0 Å². The number of carbonyl (C=O) groups excluding carboxylic acids is 3. The standard InChI is InChI=1S/C25H33N3O4/c1-2-3-17-32-21-12-9-20(10-13-21)18-27-25(31)23(28-24(30)22(26)15-16-29)14-11-19-7-5-4-6-8-19/h4-10,12-13,16,22-23H,2-3,11,14-15,17-18,26H2,1H3,(H,27,31)(H,28,30). The first kappa shape index (κ1) is 25.1. The van der Waals surface area contributed by atoms with Crippen LogP contribution in [-0.4, -0.2) is 36.8 Å². The van der Waals surface area contributed by atoms with Crippen LogP contribution in [0.3, 0.4) is 0 Å². The van der Waals surface area contributed by atoms with E-state index >= 15 is 0 Å². The number of benzene rings is 2. The van der Waals surface area contributed by atoms with E-state index in [0.717, 1.165) is 29.7 Å². The normalized spacial score (nSPS) is 12.4. The third-order valence-corrected chi connectivity index (χ3v) is 5.04. The molecule has 2 aromatic carbocycles. The quantitative estimate of drug-likeness (QED) is 0.309. The van der Waals surface area contributed by atoms with E-state index in [9.17, 15) is 14.4 Å². The fourth-order valence-corrected chi connectivity index (χ4v) is 3.06. The lowest BCUT2D eigenvalue weighted by Crippen LogP contribution is -2.51. The molecule has 4 N–H and O–H groups in total. The Morgan fingerprint density at radius 3 is 2.41 bits per heavy atom. The van der Waals surface area contributed by atoms with E-state index in [1.54, 1.807) is 0 Å². The molecule has 0 saturated heterocycles. The van der Waals surface area contributed by atoms with Gasteiger partial charge < -0.3 is 25.9 Å². The number of aldehydes is 1. The van der Waals surface area contributed by atoms with Gasteiger partial charge in [-0.15, -0.1) is 0 Å². The van der Waals surface area contributed by atoms with Crippen molar-refractivity contribution in [2.24, 2.45) is 5.73 Å². The first-order chi connectivity index (χ1) is 15.5. The van der Waals surface area contributed by atoms with Gasteiger partial charge in [0.15, 0.2) is 0 Å². The lowest BCUT2D eigenvalue weighted by atomic mass is 10.0. The molecule has 0 saturated carbocycles. The highest BCUT2D eigenvalue weighted by molar-refractivity contribution is 5.90. The molecule has 32 heavy (non-hydrogen) atoms. The number of ether oxygens (including phenoxy) is 1. The number of nitrogens with two attached hydrogens (primary N) is 1. The van der Waals surface area contributed by atoms with E-state index in [4.69, 9.17) is 10.5 Å². The minimum absolute atomic E-state index is 0.0917. The monoisotopic (exact) mass is 439 g/mol. The molecular weight excluding hydrogens is 406 g/mol. The van der Waals surface area contributed by atoms with Crippen LogP contribution in [0.5, 0.6) is 5.75 Å². The maximum Gasteiger partial charge on any atom is 0.242 e. The molecule has 0 bridgehead atoms. The average molecular weight is 440 g/mol. The second kappa shape index (κ2) is 14.0. The summed E-state index contributed by atoms with van der Waals surface area (Å²) < 4.78 is 5.65. The maximum absolute atomic E-state index is 12.8. The summed E-state index contributed by atoms with van der Waals surface area (Å²) in [5.74, 6) is -0.0135. The van der Waals surface area contributed by atoms with Gasteiger partial charge >= 0.3 is 0 Å². The maximum atomic E-state index is 12.8. The van der Waals surface area contributed by atoms with Crippen LogP contribution >= 0.6 is 0 Å².